The van der Waals surface area contributed by atoms with Gasteiger partial charge in [-0.05, 0) is 24.8 Å². The molecule has 1 aliphatic rings. The zero-order valence-corrected chi connectivity index (χ0v) is 18.2. The van der Waals surface area contributed by atoms with Crippen LogP contribution in [0.15, 0.2) is 30.3 Å². The minimum atomic E-state index is -0.344. The Kier molecular flexibility index (Phi) is 12.4. The lowest BCUT2D eigenvalue weighted by Crippen LogP contribution is -2.06. The van der Waals surface area contributed by atoms with Crippen LogP contribution in [-0.2, 0) is 20.7 Å². The molecule has 29 heavy (non-hydrogen) atoms. The molecule has 3 nitrogen and oxygen atoms in total. The predicted molar refractivity (Wildman–Crippen MR) is 119 cm³/mol. The monoisotopic (exact) mass is 400 g/mol. The van der Waals surface area contributed by atoms with Crippen molar-refractivity contribution in [2.75, 3.05) is 0 Å². The van der Waals surface area contributed by atoms with E-state index in [0.717, 1.165) is 12.8 Å². The molecule has 0 aromatic heterocycles. The molecule has 1 aromatic rings. The Morgan fingerprint density at radius 3 is 1.62 bits per heavy atom. The van der Waals surface area contributed by atoms with Crippen molar-refractivity contribution in [2.24, 2.45) is 5.92 Å². The topological polar surface area (TPSA) is 43.4 Å². The van der Waals surface area contributed by atoms with Crippen molar-refractivity contribution < 1.29 is 14.3 Å². The molecule has 1 aromatic carbocycles. The summed E-state index contributed by atoms with van der Waals surface area (Å²) in [7, 11) is 0. The maximum atomic E-state index is 11.4. The van der Waals surface area contributed by atoms with Crippen LogP contribution in [0.1, 0.15) is 108 Å². The molecule has 0 spiro atoms. The van der Waals surface area contributed by atoms with Gasteiger partial charge in [-0.25, -0.2) is 0 Å². The van der Waals surface area contributed by atoms with Crippen molar-refractivity contribution in [3.63, 3.8) is 0 Å². The molecule has 2 rings (SSSR count). The minimum absolute atomic E-state index is 0.161. The Bertz CT molecular complexity index is 567. The summed E-state index contributed by atoms with van der Waals surface area (Å²) in [6.07, 6.45) is 20.8. The third-order valence-electron chi connectivity index (χ3n) is 6.07. The largest absolute Gasteiger partial charge is 0.393 e. The fraction of sp³-hybridized carbons (Fsp3) is 0.692. The smallest absolute Gasteiger partial charge is 0.317 e. The second-order valence-corrected chi connectivity index (χ2v) is 8.67. The Hall–Kier alpha value is -1.64. The fourth-order valence-electron chi connectivity index (χ4n) is 4.23. The number of ether oxygens (including phenoxy) is 1. The van der Waals surface area contributed by atoms with Crippen LogP contribution in [-0.4, -0.2) is 11.9 Å². The number of benzene rings is 1. The lowest BCUT2D eigenvalue weighted by Gasteiger charge is -2.05. The molecule has 1 heterocycles. The maximum Gasteiger partial charge on any atom is 0.317 e. The number of carbonyl (C=O) groups is 2. The van der Waals surface area contributed by atoms with E-state index >= 15 is 0 Å². The summed E-state index contributed by atoms with van der Waals surface area (Å²) in [5.41, 5.74) is 1.47. The molecule has 0 bridgehead atoms. The van der Waals surface area contributed by atoms with Gasteiger partial charge in [0.15, 0.2) is 0 Å². The van der Waals surface area contributed by atoms with E-state index < -0.39 is 0 Å². The molecular formula is C26H40O3. The van der Waals surface area contributed by atoms with E-state index in [0.29, 0.717) is 6.42 Å². The zero-order chi connectivity index (χ0) is 20.6. The third-order valence-corrected chi connectivity index (χ3v) is 6.07. The summed E-state index contributed by atoms with van der Waals surface area (Å²) in [4.78, 5) is 22.4. The van der Waals surface area contributed by atoms with Gasteiger partial charge in [-0.1, -0.05) is 114 Å². The van der Waals surface area contributed by atoms with Crippen LogP contribution in [0.2, 0.25) is 0 Å². The summed E-state index contributed by atoms with van der Waals surface area (Å²) >= 11 is 0. The first kappa shape index (κ1) is 23.6. The number of unbranched alkanes of at least 4 members (excludes halogenated alkanes) is 13. The van der Waals surface area contributed by atoms with E-state index in [1.165, 1.54) is 95.5 Å². The highest BCUT2D eigenvalue weighted by Gasteiger charge is 2.32. The molecule has 1 unspecified atom stereocenters. The fourth-order valence-corrected chi connectivity index (χ4v) is 4.23. The number of hydrogen-bond acceptors (Lipinski definition) is 3. The molecule has 1 fully saturated rings. The van der Waals surface area contributed by atoms with Gasteiger partial charge in [0.05, 0.1) is 12.3 Å². The van der Waals surface area contributed by atoms with E-state index in [4.69, 9.17) is 0 Å². The number of esters is 2. The van der Waals surface area contributed by atoms with Gasteiger partial charge in [0.1, 0.15) is 0 Å². The van der Waals surface area contributed by atoms with Gasteiger partial charge in [0, 0.05) is 0 Å². The lowest BCUT2D eigenvalue weighted by molar-refractivity contribution is -0.153. The molecule has 0 radical (unpaired) electrons. The van der Waals surface area contributed by atoms with Crippen LogP contribution >= 0.6 is 0 Å². The summed E-state index contributed by atoms with van der Waals surface area (Å²) in [5, 5.41) is 0. The average molecular weight is 401 g/mol. The first-order chi connectivity index (χ1) is 14.3. The highest BCUT2D eigenvalue weighted by molar-refractivity contribution is 5.94. The van der Waals surface area contributed by atoms with Gasteiger partial charge >= 0.3 is 11.9 Å². The van der Waals surface area contributed by atoms with Crippen molar-refractivity contribution in [3.8, 4) is 0 Å². The number of cyclic esters (lactones) is 2. The van der Waals surface area contributed by atoms with Gasteiger partial charge in [-0.2, -0.15) is 0 Å². The molecule has 162 valence electrons. The first-order valence-electron chi connectivity index (χ1n) is 12.0. The predicted octanol–water partition coefficient (Wildman–Crippen LogP) is 7.17. The standard InChI is InChI=1S/C26H40O3/c27-25-22-24(26(28)29-25)21-17-12-10-8-6-4-2-1-3-5-7-9-11-14-18-23-19-15-13-16-20-23/h13,15-16,19-20,24H,1-12,14,17-18,21-22H2. The van der Waals surface area contributed by atoms with Crippen LogP contribution in [0.3, 0.4) is 0 Å². The maximum absolute atomic E-state index is 11.4. The second kappa shape index (κ2) is 15.2. The average Bonchev–Trinajstić information content (AvgIpc) is 3.05. The van der Waals surface area contributed by atoms with E-state index in [9.17, 15) is 9.59 Å². The zero-order valence-electron chi connectivity index (χ0n) is 18.2. The molecule has 0 N–H and O–H groups in total. The van der Waals surface area contributed by atoms with Gasteiger partial charge in [-0.3, -0.25) is 9.59 Å². The summed E-state index contributed by atoms with van der Waals surface area (Å²) in [6, 6.07) is 10.8. The molecular weight excluding hydrogens is 360 g/mol. The summed E-state index contributed by atoms with van der Waals surface area (Å²) < 4.78 is 4.59. The van der Waals surface area contributed by atoms with Gasteiger partial charge < -0.3 is 4.74 Å². The molecule has 0 amide bonds. The van der Waals surface area contributed by atoms with Gasteiger partial charge in [0.25, 0.3) is 0 Å². The van der Waals surface area contributed by atoms with Gasteiger partial charge in [-0.15, -0.1) is 0 Å². The Morgan fingerprint density at radius 1 is 0.655 bits per heavy atom. The number of carbonyl (C=O) groups excluding carboxylic acids is 2. The summed E-state index contributed by atoms with van der Waals surface area (Å²) in [5.74, 6) is -0.809. The summed E-state index contributed by atoms with van der Waals surface area (Å²) in [6.45, 7) is 0. The van der Waals surface area contributed by atoms with Crippen LogP contribution < -0.4 is 0 Å². The molecule has 0 saturated carbocycles. The number of rotatable bonds is 17. The minimum Gasteiger partial charge on any atom is -0.393 e. The van der Waals surface area contributed by atoms with Crippen molar-refractivity contribution in [3.05, 3.63) is 35.9 Å². The van der Waals surface area contributed by atoms with Crippen LogP contribution in [0.5, 0.6) is 0 Å². The van der Waals surface area contributed by atoms with E-state index in [2.05, 4.69) is 35.1 Å². The first-order valence-corrected chi connectivity index (χ1v) is 12.0. The lowest BCUT2D eigenvalue weighted by atomic mass is 9.98. The third kappa shape index (κ3) is 11.2. The van der Waals surface area contributed by atoms with Crippen LogP contribution in [0, 0.1) is 5.92 Å². The van der Waals surface area contributed by atoms with Crippen LogP contribution in [0.25, 0.3) is 0 Å². The molecule has 1 atom stereocenters. The van der Waals surface area contributed by atoms with Gasteiger partial charge in [0.2, 0.25) is 0 Å². The van der Waals surface area contributed by atoms with E-state index in [1.54, 1.807) is 0 Å². The highest BCUT2D eigenvalue weighted by Crippen LogP contribution is 2.22. The van der Waals surface area contributed by atoms with Crippen LogP contribution in [0.4, 0.5) is 0 Å². The Labute approximate surface area is 177 Å². The second-order valence-electron chi connectivity index (χ2n) is 8.67. The van der Waals surface area contributed by atoms with Crippen molar-refractivity contribution in [2.45, 2.75) is 109 Å². The van der Waals surface area contributed by atoms with E-state index in [1.807, 2.05) is 0 Å². The highest BCUT2D eigenvalue weighted by atomic mass is 16.6. The Balaban J connectivity index is 1.25. The normalized spacial score (nSPS) is 16.3. The number of aryl methyl sites for hydroxylation is 1. The van der Waals surface area contributed by atoms with Crippen molar-refractivity contribution in [1.82, 2.24) is 0 Å². The van der Waals surface area contributed by atoms with E-state index in [-0.39, 0.29) is 17.9 Å². The Morgan fingerprint density at radius 2 is 1.14 bits per heavy atom. The number of hydrogen-bond donors (Lipinski definition) is 0. The quantitative estimate of drug-likeness (QED) is 0.158. The molecule has 0 aliphatic carbocycles. The SMILES string of the molecule is O=C1CC(CCCCCCCCCCCCCCCCc2ccccc2)C(=O)O1. The molecule has 3 heteroatoms. The van der Waals surface area contributed by atoms with Crippen molar-refractivity contribution in [1.29, 1.82) is 0 Å². The molecule has 1 saturated heterocycles. The molecule has 1 aliphatic heterocycles. The van der Waals surface area contributed by atoms with Crippen molar-refractivity contribution >= 4 is 11.9 Å².